The second-order valence-corrected chi connectivity index (χ2v) is 2.14. The Morgan fingerprint density at radius 2 is 2.50 bits per heavy atom. The van der Waals surface area contributed by atoms with Gasteiger partial charge < -0.3 is 5.41 Å². The van der Waals surface area contributed by atoms with Gasteiger partial charge in [-0.05, 0) is 18.6 Å². The maximum atomic E-state index is 8.53. The van der Waals surface area contributed by atoms with E-state index in [9.17, 15) is 0 Å². The lowest BCUT2D eigenvalue weighted by atomic mass is 10.0. The first-order valence-corrected chi connectivity index (χ1v) is 3.02. The number of hydroxylamine groups is 1. The molecule has 0 aliphatic heterocycles. The molecule has 3 nitrogen and oxygen atoms in total. The fourth-order valence-corrected chi connectivity index (χ4v) is 0.858. The minimum atomic E-state index is 0.402. The summed E-state index contributed by atoms with van der Waals surface area (Å²) in [6, 6.07) is 0. The summed E-state index contributed by atoms with van der Waals surface area (Å²) < 4.78 is 0. The van der Waals surface area contributed by atoms with Crippen LogP contribution in [0.5, 0.6) is 0 Å². The Bertz CT molecular complexity index is 216. The molecule has 3 heteroatoms. The van der Waals surface area contributed by atoms with Crippen LogP contribution in [0.25, 0.3) is 0 Å². The molecule has 1 rings (SSSR count). The van der Waals surface area contributed by atoms with E-state index in [1.807, 2.05) is 5.48 Å². The molecule has 0 atom stereocenters. The van der Waals surface area contributed by atoms with Crippen molar-refractivity contribution in [1.29, 1.82) is 5.41 Å². The summed E-state index contributed by atoms with van der Waals surface area (Å²) in [5.74, 6) is 0. The van der Waals surface area contributed by atoms with Crippen molar-refractivity contribution in [2.24, 2.45) is 0 Å². The van der Waals surface area contributed by atoms with Gasteiger partial charge in [-0.3, -0.25) is 10.7 Å². The Morgan fingerprint density at radius 3 is 2.90 bits per heavy atom. The first-order valence-electron chi connectivity index (χ1n) is 3.02. The lowest BCUT2D eigenvalue weighted by molar-refractivity contribution is 0.206. The van der Waals surface area contributed by atoms with Gasteiger partial charge in [-0.1, -0.05) is 6.08 Å². The molecule has 10 heavy (non-hydrogen) atoms. The van der Waals surface area contributed by atoms with E-state index >= 15 is 0 Å². The maximum absolute atomic E-state index is 8.53. The van der Waals surface area contributed by atoms with Crippen LogP contribution in [0.15, 0.2) is 17.3 Å². The summed E-state index contributed by atoms with van der Waals surface area (Å²) >= 11 is 0. The average molecular weight is 137 g/mol. The summed E-state index contributed by atoms with van der Waals surface area (Å²) in [5, 5.41) is 15.9. The zero-order valence-corrected chi connectivity index (χ0v) is 5.73. The summed E-state index contributed by atoms with van der Waals surface area (Å²) in [6.45, 7) is 1.79. The summed E-state index contributed by atoms with van der Waals surface area (Å²) in [7, 11) is 0. The molecule has 3 N–H and O–H groups in total. The van der Waals surface area contributed by atoms with E-state index < -0.39 is 0 Å². The fraction of sp³-hybridized carbons (Fsp3) is 0.286. The van der Waals surface area contributed by atoms with E-state index in [0.717, 1.165) is 5.57 Å². The number of allylic oxidation sites excluding steroid dienone is 4. The first-order chi connectivity index (χ1) is 4.75. The van der Waals surface area contributed by atoms with E-state index in [1.165, 1.54) is 0 Å². The van der Waals surface area contributed by atoms with Gasteiger partial charge in [-0.25, -0.2) is 0 Å². The van der Waals surface area contributed by atoms with Crippen LogP contribution >= 0.6 is 0 Å². The van der Waals surface area contributed by atoms with Crippen molar-refractivity contribution >= 4 is 5.71 Å². The zero-order chi connectivity index (χ0) is 7.56. The minimum absolute atomic E-state index is 0.402. The molecule has 0 spiro atoms. The van der Waals surface area contributed by atoms with Gasteiger partial charge in [-0.2, -0.15) is 0 Å². The maximum Gasteiger partial charge on any atom is 0.0848 e. The third-order valence-corrected chi connectivity index (χ3v) is 1.41. The van der Waals surface area contributed by atoms with Gasteiger partial charge in [0.25, 0.3) is 0 Å². The van der Waals surface area contributed by atoms with Crippen LogP contribution in [-0.2, 0) is 0 Å². The number of rotatable bonds is 1. The van der Waals surface area contributed by atoms with Crippen molar-refractivity contribution in [2.45, 2.75) is 13.3 Å². The van der Waals surface area contributed by atoms with Crippen molar-refractivity contribution in [3.63, 3.8) is 0 Å². The van der Waals surface area contributed by atoms with Crippen LogP contribution in [0.2, 0.25) is 0 Å². The van der Waals surface area contributed by atoms with Crippen molar-refractivity contribution in [3.8, 4) is 0 Å². The molecule has 0 unspecified atom stereocenters. The first kappa shape index (κ1) is 7.02. The van der Waals surface area contributed by atoms with E-state index in [-0.39, 0.29) is 0 Å². The van der Waals surface area contributed by atoms with Gasteiger partial charge in [0, 0.05) is 6.42 Å². The minimum Gasteiger partial charge on any atom is -0.303 e. The van der Waals surface area contributed by atoms with E-state index in [0.29, 0.717) is 17.8 Å². The van der Waals surface area contributed by atoms with Crippen LogP contribution in [0.4, 0.5) is 0 Å². The van der Waals surface area contributed by atoms with Gasteiger partial charge in [0.15, 0.2) is 0 Å². The highest BCUT2D eigenvalue weighted by Gasteiger charge is 2.08. The van der Waals surface area contributed by atoms with Gasteiger partial charge in [-0.15, -0.1) is 0 Å². The molecule has 0 aromatic heterocycles. The van der Waals surface area contributed by atoms with Crippen LogP contribution in [-0.4, -0.2) is 10.9 Å². The molecule has 0 amide bonds. The van der Waals surface area contributed by atoms with Crippen LogP contribution in [0, 0.1) is 11.5 Å². The molecule has 0 aromatic carbocycles. The second kappa shape index (κ2) is 2.66. The van der Waals surface area contributed by atoms with Crippen molar-refractivity contribution in [1.82, 2.24) is 5.48 Å². The Labute approximate surface area is 59.5 Å². The van der Waals surface area contributed by atoms with Gasteiger partial charge >= 0.3 is 0 Å². The average Bonchev–Trinajstić information content (AvgIpc) is 1.88. The van der Waals surface area contributed by atoms with E-state index in [2.05, 4.69) is 6.08 Å². The predicted molar refractivity (Wildman–Crippen MR) is 37.8 cm³/mol. The van der Waals surface area contributed by atoms with Crippen molar-refractivity contribution in [2.75, 3.05) is 0 Å². The molecular formula is C7H9N2O. The van der Waals surface area contributed by atoms with Gasteiger partial charge in [0.1, 0.15) is 0 Å². The Kier molecular flexibility index (Phi) is 1.87. The monoisotopic (exact) mass is 137 g/mol. The molecular weight excluding hydrogens is 128 g/mol. The molecule has 0 aromatic rings. The lowest BCUT2D eigenvalue weighted by Gasteiger charge is -2.11. The molecule has 0 heterocycles. The SMILES string of the molecule is CC1=C(NO)C(=N)CC=[C]1. The van der Waals surface area contributed by atoms with E-state index in [4.69, 9.17) is 10.6 Å². The number of hydrogen-bond acceptors (Lipinski definition) is 3. The van der Waals surface area contributed by atoms with Crippen LogP contribution in [0.3, 0.4) is 0 Å². The lowest BCUT2D eigenvalue weighted by Crippen LogP contribution is -2.19. The van der Waals surface area contributed by atoms with Crippen LogP contribution < -0.4 is 5.48 Å². The number of nitrogens with one attached hydrogen (secondary N) is 2. The smallest absolute Gasteiger partial charge is 0.0848 e. The van der Waals surface area contributed by atoms with Gasteiger partial charge in [0.2, 0.25) is 0 Å². The molecule has 0 saturated heterocycles. The molecule has 1 aliphatic rings. The standard InChI is InChI=1S/C7H9N2O/c1-5-3-2-4-6(8)7(5)9-10/h2,8-10H,4H2,1H3. The third-order valence-electron chi connectivity index (χ3n) is 1.41. The van der Waals surface area contributed by atoms with E-state index in [1.54, 1.807) is 13.0 Å². The molecule has 0 fully saturated rings. The highest BCUT2D eigenvalue weighted by atomic mass is 16.5. The van der Waals surface area contributed by atoms with Crippen molar-refractivity contribution < 1.29 is 5.21 Å². The largest absolute Gasteiger partial charge is 0.303 e. The summed E-state index contributed by atoms with van der Waals surface area (Å²) in [5.41, 5.74) is 3.63. The second-order valence-electron chi connectivity index (χ2n) is 2.14. The van der Waals surface area contributed by atoms with Crippen LogP contribution in [0.1, 0.15) is 13.3 Å². The Morgan fingerprint density at radius 1 is 1.80 bits per heavy atom. The molecule has 0 saturated carbocycles. The zero-order valence-electron chi connectivity index (χ0n) is 5.73. The van der Waals surface area contributed by atoms with Crippen molar-refractivity contribution in [3.05, 3.63) is 23.4 Å². The summed E-state index contributed by atoms with van der Waals surface area (Å²) in [4.78, 5) is 0. The molecule has 1 aliphatic carbocycles. The molecule has 53 valence electrons. The topological polar surface area (TPSA) is 56.1 Å². The van der Waals surface area contributed by atoms with Gasteiger partial charge in [0.05, 0.1) is 11.4 Å². The fourth-order valence-electron chi connectivity index (χ4n) is 0.858. The molecule has 1 radical (unpaired) electrons. The summed E-state index contributed by atoms with van der Waals surface area (Å²) in [6.07, 6.45) is 5.22. The Balaban J connectivity index is 2.94. The highest BCUT2D eigenvalue weighted by Crippen LogP contribution is 2.11. The third kappa shape index (κ3) is 1.09. The molecule has 0 bridgehead atoms. The highest BCUT2D eigenvalue weighted by molar-refractivity contribution is 5.99. The predicted octanol–water partition coefficient (Wildman–Crippen LogP) is 1.02. The Hall–Kier alpha value is -1.09. The normalized spacial score (nSPS) is 18.0. The number of hydrogen-bond donors (Lipinski definition) is 3. The quantitative estimate of drug-likeness (QED) is 0.472.